The molecular formula is C5H6FN3O. The van der Waals surface area contributed by atoms with Gasteiger partial charge in [-0.05, 0) is 0 Å². The second-order valence-electron chi connectivity index (χ2n) is 1.60. The van der Waals surface area contributed by atoms with Crippen molar-refractivity contribution in [2.75, 3.05) is 12.8 Å². The van der Waals surface area contributed by atoms with Gasteiger partial charge in [-0.2, -0.15) is 9.37 Å². The van der Waals surface area contributed by atoms with Gasteiger partial charge in [-0.25, -0.2) is 4.98 Å². The second-order valence-corrected chi connectivity index (χ2v) is 1.60. The van der Waals surface area contributed by atoms with Crippen LogP contribution in [0.15, 0.2) is 6.20 Å². The van der Waals surface area contributed by atoms with Crippen LogP contribution in [-0.4, -0.2) is 17.1 Å². The van der Waals surface area contributed by atoms with E-state index >= 15 is 0 Å². The third-order valence-electron chi connectivity index (χ3n) is 0.944. The van der Waals surface area contributed by atoms with E-state index in [1.807, 2.05) is 0 Å². The second kappa shape index (κ2) is 2.47. The van der Waals surface area contributed by atoms with Crippen LogP contribution in [0.5, 0.6) is 5.88 Å². The maximum absolute atomic E-state index is 12.2. The standard InChI is InChI=1S/C5H6FN3O/c1-10-4-3(7)2-8-5(6)9-4/h2H,7H2,1H3. The van der Waals surface area contributed by atoms with Gasteiger partial charge in [0.15, 0.2) is 0 Å². The average molecular weight is 143 g/mol. The van der Waals surface area contributed by atoms with Crippen LogP contribution in [0.3, 0.4) is 0 Å². The van der Waals surface area contributed by atoms with Gasteiger partial charge in [-0.15, -0.1) is 0 Å². The van der Waals surface area contributed by atoms with E-state index < -0.39 is 6.08 Å². The molecule has 0 aliphatic heterocycles. The Morgan fingerprint density at radius 2 is 2.40 bits per heavy atom. The molecular weight excluding hydrogens is 137 g/mol. The lowest BCUT2D eigenvalue weighted by molar-refractivity contribution is 0.384. The monoisotopic (exact) mass is 143 g/mol. The Balaban J connectivity index is 3.09. The summed E-state index contributed by atoms with van der Waals surface area (Å²) in [6.07, 6.45) is 0.312. The van der Waals surface area contributed by atoms with Gasteiger partial charge in [0.25, 0.3) is 0 Å². The highest BCUT2D eigenvalue weighted by atomic mass is 19.1. The number of ether oxygens (including phenoxy) is 1. The number of hydrogen-bond acceptors (Lipinski definition) is 4. The molecule has 0 spiro atoms. The summed E-state index contributed by atoms with van der Waals surface area (Å²) < 4.78 is 16.8. The Hall–Kier alpha value is -1.39. The summed E-state index contributed by atoms with van der Waals surface area (Å²) in [5, 5.41) is 0. The fraction of sp³-hybridized carbons (Fsp3) is 0.200. The van der Waals surface area contributed by atoms with E-state index in [2.05, 4.69) is 14.7 Å². The molecule has 0 radical (unpaired) electrons. The van der Waals surface area contributed by atoms with Crippen LogP contribution in [0.2, 0.25) is 0 Å². The van der Waals surface area contributed by atoms with Crippen LogP contribution >= 0.6 is 0 Å². The minimum atomic E-state index is -0.842. The molecule has 0 amide bonds. The van der Waals surface area contributed by atoms with Crippen molar-refractivity contribution in [3.63, 3.8) is 0 Å². The van der Waals surface area contributed by atoms with Crippen LogP contribution in [-0.2, 0) is 0 Å². The van der Waals surface area contributed by atoms with Crippen LogP contribution < -0.4 is 10.5 Å². The third-order valence-corrected chi connectivity index (χ3v) is 0.944. The number of halogens is 1. The van der Waals surface area contributed by atoms with Crippen LogP contribution in [0.1, 0.15) is 0 Å². The Bertz CT molecular complexity index is 240. The van der Waals surface area contributed by atoms with Crippen LogP contribution in [0, 0.1) is 6.08 Å². The predicted molar refractivity (Wildman–Crippen MR) is 33.0 cm³/mol. The number of anilines is 1. The lowest BCUT2D eigenvalue weighted by Gasteiger charge is -1.99. The zero-order valence-corrected chi connectivity index (χ0v) is 5.34. The first-order valence-electron chi connectivity index (χ1n) is 2.56. The smallest absolute Gasteiger partial charge is 0.311 e. The largest absolute Gasteiger partial charge is 0.479 e. The number of rotatable bonds is 1. The maximum Gasteiger partial charge on any atom is 0.311 e. The van der Waals surface area contributed by atoms with Crippen LogP contribution in [0.25, 0.3) is 0 Å². The van der Waals surface area contributed by atoms with E-state index in [-0.39, 0.29) is 11.6 Å². The molecule has 1 heterocycles. The molecule has 0 aromatic carbocycles. The first-order valence-corrected chi connectivity index (χ1v) is 2.56. The molecule has 1 aromatic rings. The van der Waals surface area contributed by atoms with Gasteiger partial charge < -0.3 is 10.5 Å². The molecule has 1 rings (SSSR count). The Labute approximate surface area is 56.9 Å². The molecule has 0 fully saturated rings. The fourth-order valence-corrected chi connectivity index (χ4v) is 0.519. The SMILES string of the molecule is COc1nc(F)ncc1N. The number of hydrogen-bond donors (Lipinski definition) is 1. The summed E-state index contributed by atoms with van der Waals surface area (Å²) in [6, 6.07) is 0. The molecule has 2 N–H and O–H groups in total. The molecule has 0 saturated heterocycles. The molecule has 0 aliphatic rings. The third kappa shape index (κ3) is 1.12. The van der Waals surface area contributed by atoms with Gasteiger partial charge in [-0.3, -0.25) is 0 Å². The molecule has 0 atom stereocenters. The van der Waals surface area contributed by atoms with E-state index in [1.165, 1.54) is 7.11 Å². The Kier molecular flexibility index (Phi) is 1.66. The summed E-state index contributed by atoms with van der Waals surface area (Å²) in [5.41, 5.74) is 5.51. The first-order chi connectivity index (χ1) is 4.74. The summed E-state index contributed by atoms with van der Waals surface area (Å²) in [5.74, 6) is 0.0625. The molecule has 1 aromatic heterocycles. The van der Waals surface area contributed by atoms with Gasteiger partial charge in [0.1, 0.15) is 5.69 Å². The van der Waals surface area contributed by atoms with E-state index in [0.717, 1.165) is 6.20 Å². The van der Waals surface area contributed by atoms with Crippen molar-refractivity contribution >= 4 is 5.69 Å². The molecule has 54 valence electrons. The average Bonchev–Trinajstić information content (AvgIpc) is 1.94. The number of methoxy groups -OCH3 is 1. The quantitative estimate of drug-likeness (QED) is 0.570. The number of nitrogens with two attached hydrogens (primary N) is 1. The van der Waals surface area contributed by atoms with E-state index in [0.29, 0.717) is 0 Å². The minimum Gasteiger partial charge on any atom is -0.479 e. The zero-order chi connectivity index (χ0) is 7.56. The van der Waals surface area contributed by atoms with Crippen molar-refractivity contribution in [3.05, 3.63) is 12.3 Å². The van der Waals surface area contributed by atoms with E-state index in [1.54, 1.807) is 0 Å². The topological polar surface area (TPSA) is 61.0 Å². The highest BCUT2D eigenvalue weighted by Crippen LogP contribution is 2.14. The van der Waals surface area contributed by atoms with Crippen molar-refractivity contribution < 1.29 is 9.13 Å². The highest BCUT2D eigenvalue weighted by Gasteiger charge is 2.01. The van der Waals surface area contributed by atoms with Crippen LogP contribution in [0.4, 0.5) is 10.1 Å². The zero-order valence-electron chi connectivity index (χ0n) is 5.34. The summed E-state index contributed by atoms with van der Waals surface area (Å²) in [7, 11) is 1.36. The van der Waals surface area contributed by atoms with Crippen molar-refractivity contribution in [1.29, 1.82) is 0 Å². The molecule has 0 unspecified atom stereocenters. The predicted octanol–water partition coefficient (Wildman–Crippen LogP) is 0.207. The summed E-state index contributed by atoms with van der Waals surface area (Å²) in [4.78, 5) is 6.47. The first kappa shape index (κ1) is 6.73. The van der Waals surface area contributed by atoms with Gasteiger partial charge >= 0.3 is 6.08 Å². The molecule has 0 bridgehead atoms. The van der Waals surface area contributed by atoms with E-state index in [4.69, 9.17) is 5.73 Å². The number of aromatic nitrogens is 2. The van der Waals surface area contributed by atoms with E-state index in [9.17, 15) is 4.39 Å². The van der Waals surface area contributed by atoms with Gasteiger partial charge in [-0.1, -0.05) is 0 Å². The molecule has 0 saturated carbocycles. The lowest BCUT2D eigenvalue weighted by Crippen LogP contribution is -1.98. The summed E-state index contributed by atoms with van der Waals surface area (Å²) in [6.45, 7) is 0. The van der Waals surface area contributed by atoms with Crippen molar-refractivity contribution in [3.8, 4) is 5.88 Å². The lowest BCUT2D eigenvalue weighted by atomic mass is 10.5. The number of nitrogen functional groups attached to an aromatic ring is 1. The molecule has 10 heavy (non-hydrogen) atoms. The van der Waals surface area contributed by atoms with Gasteiger partial charge in [0.05, 0.1) is 13.3 Å². The highest BCUT2D eigenvalue weighted by molar-refractivity contribution is 5.44. The molecule has 5 heteroatoms. The summed E-state index contributed by atoms with van der Waals surface area (Å²) >= 11 is 0. The van der Waals surface area contributed by atoms with Gasteiger partial charge in [0.2, 0.25) is 5.88 Å². The van der Waals surface area contributed by atoms with Gasteiger partial charge in [0, 0.05) is 0 Å². The Morgan fingerprint density at radius 1 is 1.70 bits per heavy atom. The fourth-order valence-electron chi connectivity index (χ4n) is 0.519. The molecule has 0 aliphatic carbocycles. The number of nitrogens with zero attached hydrogens (tertiary/aromatic N) is 2. The Morgan fingerprint density at radius 3 is 2.90 bits per heavy atom. The van der Waals surface area contributed by atoms with Crippen molar-refractivity contribution in [1.82, 2.24) is 9.97 Å². The van der Waals surface area contributed by atoms with Crippen molar-refractivity contribution in [2.45, 2.75) is 0 Å². The minimum absolute atomic E-state index is 0.0625. The molecule has 4 nitrogen and oxygen atoms in total. The normalized spacial score (nSPS) is 9.40. The maximum atomic E-state index is 12.2. The van der Waals surface area contributed by atoms with Crippen molar-refractivity contribution in [2.24, 2.45) is 0 Å².